The summed E-state index contributed by atoms with van der Waals surface area (Å²) in [6.45, 7) is 12.7. The Hall–Kier alpha value is -4.93. The van der Waals surface area contributed by atoms with Crippen LogP contribution < -0.4 is 5.19 Å². The number of furan rings is 1. The first-order valence-electron chi connectivity index (χ1n) is 20.5. The van der Waals surface area contributed by atoms with Gasteiger partial charge in [-0.05, 0) is 57.2 Å². The standard InChI is InChI=1S/C26H20NO.C24H28NSi.Ir/c1-17(2)19-12-13-27-24(15-19)21-9-11-25-23(14-21)22-10-8-20(16-26(22)28-25)18-6-4-3-5-7-18;1-17(2)21-15-23(25-16-24(21)26(4,5)6)20-13-12-18(3)22(14-20)19-10-8-7-9-11-19;/h3-8,10-17H,1-2H3;7-12,14-17H,1-6H3;/q2*-1;/i;3D3,17D;. The van der Waals surface area contributed by atoms with E-state index >= 15 is 0 Å². The molecule has 0 aliphatic carbocycles. The molecule has 8 rings (SSSR count). The summed E-state index contributed by atoms with van der Waals surface area (Å²) in [5.74, 6) is -0.287. The van der Waals surface area contributed by atoms with Gasteiger partial charge in [0.05, 0.1) is 13.7 Å². The summed E-state index contributed by atoms with van der Waals surface area (Å²) in [5, 5.41) is 3.39. The first kappa shape index (κ1) is 34.5. The first-order valence-corrected chi connectivity index (χ1v) is 22.0. The number of pyridine rings is 2. The molecule has 5 heteroatoms. The molecular weight excluding hydrogens is 865 g/mol. The normalized spacial score (nSPS) is 12.9. The van der Waals surface area contributed by atoms with E-state index in [1.165, 1.54) is 16.3 Å². The average Bonchev–Trinajstić information content (AvgIpc) is 3.57. The summed E-state index contributed by atoms with van der Waals surface area (Å²) >= 11 is 0. The van der Waals surface area contributed by atoms with E-state index < -0.39 is 20.8 Å². The number of hydrogen-bond acceptors (Lipinski definition) is 3. The predicted molar refractivity (Wildman–Crippen MR) is 231 cm³/mol. The molecule has 8 aromatic rings. The van der Waals surface area contributed by atoms with E-state index in [1.54, 1.807) is 6.07 Å². The van der Waals surface area contributed by atoms with Gasteiger partial charge in [0.1, 0.15) is 5.58 Å². The van der Waals surface area contributed by atoms with Crippen LogP contribution in [0.5, 0.6) is 0 Å². The largest absolute Gasteiger partial charge is 0.500 e. The fraction of sp³-hybridized carbons (Fsp3) is 0.200. The van der Waals surface area contributed by atoms with Crippen LogP contribution in [0.15, 0.2) is 138 Å². The van der Waals surface area contributed by atoms with Gasteiger partial charge >= 0.3 is 0 Å². The molecule has 3 aromatic heterocycles. The molecular formula is C50H48IrN2OSi-2. The van der Waals surface area contributed by atoms with E-state index in [4.69, 9.17) is 14.9 Å². The second kappa shape index (κ2) is 16.8. The number of aromatic nitrogens is 2. The van der Waals surface area contributed by atoms with Crippen LogP contribution in [0.25, 0.3) is 66.7 Å². The van der Waals surface area contributed by atoms with Gasteiger partial charge in [0, 0.05) is 43.4 Å². The van der Waals surface area contributed by atoms with Crippen molar-refractivity contribution in [2.45, 2.75) is 66.0 Å². The molecule has 3 heterocycles. The third kappa shape index (κ3) is 8.81. The van der Waals surface area contributed by atoms with Crippen molar-refractivity contribution in [2.75, 3.05) is 0 Å². The van der Waals surface area contributed by atoms with Gasteiger partial charge in [-0.15, -0.1) is 53.1 Å². The van der Waals surface area contributed by atoms with Crippen molar-refractivity contribution in [1.82, 2.24) is 9.97 Å². The number of nitrogens with zero attached hydrogens (tertiary/aromatic N) is 2. The molecule has 0 amide bonds. The Balaban J connectivity index is 0.000000195. The summed E-state index contributed by atoms with van der Waals surface area (Å²) in [6, 6.07) is 46.5. The van der Waals surface area contributed by atoms with Crippen molar-refractivity contribution in [3.8, 4) is 44.8 Å². The van der Waals surface area contributed by atoms with E-state index in [2.05, 4.69) is 111 Å². The zero-order chi connectivity index (χ0) is 41.4. The fourth-order valence-corrected chi connectivity index (χ4v) is 8.32. The SMILES string of the molecule is CC(C)c1ccnc(-c2[c-]cc3oc4cc(-c5ccccc5)ccc4c3c2)c1.[2H]C([2H])([2H])c1c[c-]c(-c2cc(C([2H])(C)C)c([Si](C)(C)C)cn2)cc1-c1ccccc1.[Ir]. The number of rotatable bonds is 7. The average molecular weight is 917 g/mol. The smallest absolute Gasteiger partial charge is 0.121 e. The first-order chi connectivity index (χ1) is 27.5. The zero-order valence-corrected chi connectivity index (χ0v) is 35.8. The summed E-state index contributed by atoms with van der Waals surface area (Å²) in [7, 11) is -1.68. The Morgan fingerprint density at radius 3 is 2.02 bits per heavy atom. The Kier molecular flexibility index (Phi) is 10.6. The molecule has 0 bridgehead atoms. The molecule has 1 radical (unpaired) electrons. The molecule has 3 nitrogen and oxygen atoms in total. The quantitative estimate of drug-likeness (QED) is 0.118. The minimum atomic E-state index is -2.23. The van der Waals surface area contributed by atoms with Gasteiger partial charge in [-0.3, -0.25) is 0 Å². The molecule has 0 aliphatic heterocycles. The monoisotopic (exact) mass is 917 g/mol. The van der Waals surface area contributed by atoms with Gasteiger partial charge < -0.3 is 14.4 Å². The molecule has 0 saturated carbocycles. The van der Waals surface area contributed by atoms with Crippen LogP contribution in [0.2, 0.25) is 19.6 Å². The van der Waals surface area contributed by atoms with Crippen molar-refractivity contribution >= 4 is 35.2 Å². The molecule has 5 aromatic carbocycles. The zero-order valence-electron chi connectivity index (χ0n) is 36.4. The van der Waals surface area contributed by atoms with Crippen LogP contribution >= 0.6 is 0 Å². The van der Waals surface area contributed by atoms with Crippen LogP contribution in [-0.4, -0.2) is 18.0 Å². The summed E-state index contributed by atoms with van der Waals surface area (Å²) in [6.07, 6.45) is 3.78. The van der Waals surface area contributed by atoms with E-state index in [1.807, 2.05) is 80.8 Å². The number of fused-ring (bicyclic) bond motifs is 3. The Morgan fingerprint density at radius 1 is 0.673 bits per heavy atom. The van der Waals surface area contributed by atoms with Crippen LogP contribution in [0.1, 0.15) is 61.7 Å². The van der Waals surface area contributed by atoms with Crippen LogP contribution in [0.3, 0.4) is 0 Å². The van der Waals surface area contributed by atoms with E-state index in [-0.39, 0.29) is 25.7 Å². The van der Waals surface area contributed by atoms with Gasteiger partial charge in [0.2, 0.25) is 0 Å². The van der Waals surface area contributed by atoms with E-state index in [0.717, 1.165) is 55.4 Å². The van der Waals surface area contributed by atoms with Gasteiger partial charge in [0.25, 0.3) is 0 Å². The predicted octanol–water partition coefficient (Wildman–Crippen LogP) is 13.4. The van der Waals surface area contributed by atoms with Crippen LogP contribution in [0, 0.1) is 19.0 Å². The Bertz CT molecular complexity index is 2720. The second-order valence-electron chi connectivity index (χ2n) is 15.3. The van der Waals surface area contributed by atoms with Crippen molar-refractivity contribution in [2.24, 2.45) is 0 Å². The summed E-state index contributed by atoms with van der Waals surface area (Å²) < 4.78 is 38.6. The second-order valence-corrected chi connectivity index (χ2v) is 20.4. The number of aryl methyl sites for hydroxylation is 1. The maximum absolute atomic E-state index is 8.66. The van der Waals surface area contributed by atoms with Gasteiger partial charge in [-0.1, -0.05) is 161 Å². The number of benzene rings is 5. The minimum absolute atomic E-state index is 0. The molecule has 0 saturated heterocycles. The van der Waals surface area contributed by atoms with Crippen LogP contribution in [-0.2, 0) is 20.1 Å². The molecule has 0 aliphatic rings. The number of hydrogen-bond donors (Lipinski definition) is 0. The Labute approximate surface area is 346 Å². The minimum Gasteiger partial charge on any atom is -0.500 e. The van der Waals surface area contributed by atoms with E-state index in [0.29, 0.717) is 17.2 Å². The van der Waals surface area contributed by atoms with Crippen molar-refractivity contribution in [3.63, 3.8) is 0 Å². The summed E-state index contributed by atoms with van der Waals surface area (Å²) in [4.78, 5) is 9.25. The van der Waals surface area contributed by atoms with Crippen molar-refractivity contribution in [3.05, 3.63) is 163 Å². The maximum atomic E-state index is 8.66. The van der Waals surface area contributed by atoms with Crippen molar-refractivity contribution < 1.29 is 30.0 Å². The molecule has 0 unspecified atom stereocenters. The fourth-order valence-electron chi connectivity index (χ4n) is 6.74. The Morgan fingerprint density at radius 2 is 1.35 bits per heavy atom. The van der Waals surface area contributed by atoms with Gasteiger partial charge in [-0.25, -0.2) is 0 Å². The third-order valence-electron chi connectivity index (χ3n) is 9.80. The van der Waals surface area contributed by atoms with Gasteiger partial charge in [-0.2, -0.15) is 0 Å². The molecule has 279 valence electrons. The van der Waals surface area contributed by atoms with E-state index in [9.17, 15) is 0 Å². The van der Waals surface area contributed by atoms with Gasteiger partial charge in [0.15, 0.2) is 0 Å². The van der Waals surface area contributed by atoms with Crippen molar-refractivity contribution in [1.29, 1.82) is 0 Å². The van der Waals surface area contributed by atoms with Crippen LogP contribution in [0.4, 0.5) is 0 Å². The molecule has 0 spiro atoms. The molecule has 0 atom stereocenters. The summed E-state index contributed by atoms with van der Waals surface area (Å²) in [5.41, 5.74) is 11.5. The topological polar surface area (TPSA) is 38.9 Å². The molecule has 55 heavy (non-hydrogen) atoms. The maximum Gasteiger partial charge on any atom is 0.121 e. The molecule has 0 fully saturated rings. The molecule has 0 N–H and O–H groups in total. The third-order valence-corrected chi connectivity index (χ3v) is 11.8.